The molecule has 3 aromatic heterocycles. The first kappa shape index (κ1) is 34.4. The largest absolute Gasteiger partial charge is 0.309 e. The molecular formula is C55H39N5. The van der Waals surface area contributed by atoms with Gasteiger partial charge in [-0.25, -0.2) is 4.98 Å². The van der Waals surface area contributed by atoms with E-state index in [0.717, 1.165) is 55.0 Å². The van der Waals surface area contributed by atoms with Crippen LogP contribution in [0.25, 0.3) is 100 Å². The monoisotopic (exact) mass is 769 g/mol. The molecule has 0 saturated heterocycles. The highest BCUT2D eigenvalue weighted by atomic mass is 15.2. The quantitative estimate of drug-likeness (QED) is 0.175. The van der Waals surface area contributed by atoms with Crippen LogP contribution in [-0.4, -0.2) is 24.1 Å². The van der Waals surface area contributed by atoms with Gasteiger partial charge in [-0.15, -0.1) is 0 Å². The van der Waals surface area contributed by atoms with Crippen LogP contribution in [0.3, 0.4) is 0 Å². The number of hydrogen-bond donors (Lipinski definition) is 0. The van der Waals surface area contributed by atoms with Crippen molar-refractivity contribution in [1.29, 1.82) is 0 Å². The predicted octanol–water partition coefficient (Wildman–Crippen LogP) is 13.7. The summed E-state index contributed by atoms with van der Waals surface area (Å²) in [5.74, 6) is 1.84. The zero-order valence-electron chi connectivity index (χ0n) is 33.6. The molecule has 1 aliphatic rings. The molecule has 0 bridgehead atoms. The third kappa shape index (κ3) is 5.15. The SMILES string of the molecule is Cc1ccc(-n2c3ccccc3c3cc(-c4nc(-c5ccc6c(c5)C(C)(C)c5ccccc5-6)nc(-n5c6ccccc6c6cc(-c7ccccc7)ccc65)n4)ccc32)cc1. The van der Waals surface area contributed by atoms with E-state index in [2.05, 4.69) is 212 Å². The smallest absolute Gasteiger partial charge is 0.238 e. The Morgan fingerprint density at radius 1 is 0.383 bits per heavy atom. The fraction of sp³-hybridized carbons (Fsp3) is 0.0727. The summed E-state index contributed by atoms with van der Waals surface area (Å²) in [5, 5.41) is 4.63. The van der Waals surface area contributed by atoms with Crippen LogP contribution in [0.2, 0.25) is 0 Å². The maximum absolute atomic E-state index is 5.38. The lowest BCUT2D eigenvalue weighted by molar-refractivity contribution is 0.660. The molecule has 0 aliphatic heterocycles. The number of rotatable bonds is 5. The Morgan fingerprint density at radius 3 is 1.65 bits per heavy atom. The van der Waals surface area contributed by atoms with Gasteiger partial charge >= 0.3 is 0 Å². The standard InChI is InChI=1S/C55H39N5/c1-34-21-26-39(27-22-34)59-48-19-11-8-16-42(48)45-32-37(25-30-50(45)59)52-56-53(38-23-28-41-40-15-7-10-18-46(40)55(2,3)47(41)33-38)58-54(57-52)60-49-20-12-9-17-43(49)44-31-36(24-29-51(44)60)35-13-5-4-6-14-35/h4-33H,1-3H3. The van der Waals surface area contributed by atoms with Gasteiger partial charge in [-0.1, -0.05) is 141 Å². The Morgan fingerprint density at radius 2 is 0.917 bits per heavy atom. The van der Waals surface area contributed by atoms with Gasteiger partial charge in [-0.2, -0.15) is 9.97 Å². The highest BCUT2D eigenvalue weighted by Gasteiger charge is 2.35. The lowest BCUT2D eigenvalue weighted by atomic mass is 9.82. The first-order valence-corrected chi connectivity index (χ1v) is 20.6. The van der Waals surface area contributed by atoms with E-state index in [1.54, 1.807) is 0 Å². The van der Waals surface area contributed by atoms with E-state index < -0.39 is 0 Å². The van der Waals surface area contributed by atoms with Crippen molar-refractivity contribution in [3.05, 3.63) is 199 Å². The average molecular weight is 770 g/mol. The molecule has 5 nitrogen and oxygen atoms in total. The molecule has 0 atom stereocenters. The van der Waals surface area contributed by atoms with Crippen LogP contribution < -0.4 is 0 Å². The van der Waals surface area contributed by atoms with Crippen LogP contribution in [-0.2, 0) is 5.41 Å². The second-order valence-corrected chi connectivity index (χ2v) is 16.6. The van der Waals surface area contributed by atoms with Crippen LogP contribution in [0.1, 0.15) is 30.5 Å². The van der Waals surface area contributed by atoms with Crippen molar-refractivity contribution < 1.29 is 0 Å². The van der Waals surface area contributed by atoms with Crippen LogP contribution in [0.15, 0.2) is 182 Å². The molecule has 8 aromatic carbocycles. The van der Waals surface area contributed by atoms with E-state index in [1.807, 2.05) is 0 Å². The van der Waals surface area contributed by atoms with E-state index in [-0.39, 0.29) is 5.41 Å². The van der Waals surface area contributed by atoms with Crippen molar-refractivity contribution in [2.45, 2.75) is 26.2 Å². The molecule has 0 N–H and O–H groups in total. The molecule has 0 saturated carbocycles. The van der Waals surface area contributed by atoms with E-state index in [0.29, 0.717) is 17.6 Å². The highest BCUT2D eigenvalue weighted by molar-refractivity contribution is 6.11. The van der Waals surface area contributed by atoms with E-state index in [9.17, 15) is 0 Å². The van der Waals surface area contributed by atoms with Gasteiger partial charge in [0, 0.05) is 43.8 Å². The molecule has 12 rings (SSSR count). The summed E-state index contributed by atoms with van der Waals surface area (Å²) < 4.78 is 4.56. The van der Waals surface area contributed by atoms with Crippen LogP contribution >= 0.6 is 0 Å². The fourth-order valence-corrected chi connectivity index (χ4v) is 9.65. The predicted molar refractivity (Wildman–Crippen MR) is 247 cm³/mol. The molecule has 0 radical (unpaired) electrons. The molecule has 0 spiro atoms. The van der Waals surface area contributed by atoms with E-state index in [4.69, 9.17) is 15.0 Å². The summed E-state index contributed by atoms with van der Waals surface area (Å²) in [5.41, 5.74) is 16.0. The minimum atomic E-state index is -0.166. The Hall–Kier alpha value is -7.63. The van der Waals surface area contributed by atoms with E-state index in [1.165, 1.54) is 44.3 Å². The molecule has 60 heavy (non-hydrogen) atoms. The Kier molecular flexibility index (Phi) is 7.42. The van der Waals surface area contributed by atoms with Crippen molar-refractivity contribution in [2.24, 2.45) is 0 Å². The number of nitrogens with zero attached hydrogens (tertiary/aromatic N) is 5. The third-order valence-corrected chi connectivity index (χ3v) is 12.7. The second-order valence-electron chi connectivity index (χ2n) is 16.6. The summed E-state index contributed by atoms with van der Waals surface area (Å²) in [7, 11) is 0. The van der Waals surface area contributed by atoms with E-state index >= 15 is 0 Å². The summed E-state index contributed by atoms with van der Waals surface area (Å²) in [6, 6.07) is 65.4. The maximum Gasteiger partial charge on any atom is 0.238 e. The van der Waals surface area contributed by atoms with Crippen molar-refractivity contribution in [2.75, 3.05) is 0 Å². The Balaban J connectivity index is 1.10. The molecule has 5 heteroatoms. The molecule has 0 fully saturated rings. The zero-order valence-corrected chi connectivity index (χ0v) is 33.6. The number of benzene rings is 8. The summed E-state index contributed by atoms with van der Waals surface area (Å²) in [4.78, 5) is 16.1. The van der Waals surface area contributed by atoms with Gasteiger partial charge in [0.05, 0.1) is 22.1 Å². The molecule has 0 unspecified atom stereocenters. The molecule has 3 heterocycles. The minimum absolute atomic E-state index is 0.166. The van der Waals surface area contributed by atoms with Crippen LogP contribution in [0.4, 0.5) is 0 Å². The molecule has 0 amide bonds. The highest BCUT2D eigenvalue weighted by Crippen LogP contribution is 2.49. The van der Waals surface area contributed by atoms with Gasteiger partial charge in [-0.05, 0) is 101 Å². The average Bonchev–Trinajstić information content (AvgIpc) is 3.89. The van der Waals surface area contributed by atoms with Gasteiger partial charge in [-0.3, -0.25) is 4.57 Å². The van der Waals surface area contributed by atoms with Gasteiger partial charge in [0.15, 0.2) is 11.6 Å². The van der Waals surface area contributed by atoms with Gasteiger partial charge in [0.2, 0.25) is 5.95 Å². The molecular weight excluding hydrogens is 731 g/mol. The number of hydrogen-bond acceptors (Lipinski definition) is 3. The molecule has 11 aromatic rings. The number of aryl methyl sites for hydroxylation is 1. The van der Waals surface area contributed by atoms with Crippen LogP contribution in [0.5, 0.6) is 0 Å². The second kappa shape index (κ2) is 12.9. The maximum atomic E-state index is 5.38. The Labute approximate surface area is 347 Å². The van der Waals surface area contributed by atoms with Crippen molar-refractivity contribution in [1.82, 2.24) is 24.1 Å². The number of aromatic nitrogens is 5. The summed E-state index contributed by atoms with van der Waals surface area (Å²) >= 11 is 0. The third-order valence-electron chi connectivity index (χ3n) is 12.7. The van der Waals surface area contributed by atoms with Gasteiger partial charge in [0.25, 0.3) is 0 Å². The number of fused-ring (bicyclic) bond motifs is 9. The van der Waals surface area contributed by atoms with Crippen molar-refractivity contribution >= 4 is 43.6 Å². The number of para-hydroxylation sites is 2. The van der Waals surface area contributed by atoms with Gasteiger partial charge < -0.3 is 4.57 Å². The zero-order chi connectivity index (χ0) is 40.1. The first-order valence-electron chi connectivity index (χ1n) is 20.6. The van der Waals surface area contributed by atoms with Gasteiger partial charge in [0.1, 0.15) is 0 Å². The summed E-state index contributed by atoms with van der Waals surface area (Å²) in [6.07, 6.45) is 0. The lowest BCUT2D eigenvalue weighted by Crippen LogP contribution is -2.15. The minimum Gasteiger partial charge on any atom is -0.309 e. The lowest BCUT2D eigenvalue weighted by Gasteiger charge is -2.21. The summed E-state index contributed by atoms with van der Waals surface area (Å²) in [6.45, 7) is 6.76. The Bertz CT molecular complexity index is 3520. The molecule has 284 valence electrons. The topological polar surface area (TPSA) is 48.5 Å². The normalized spacial score (nSPS) is 13.1. The van der Waals surface area contributed by atoms with Crippen LogP contribution in [0, 0.1) is 6.92 Å². The first-order chi connectivity index (χ1) is 29.4. The fourth-order valence-electron chi connectivity index (χ4n) is 9.65. The van der Waals surface area contributed by atoms with Crippen molar-refractivity contribution in [3.8, 4) is 56.7 Å². The van der Waals surface area contributed by atoms with Crippen molar-refractivity contribution in [3.63, 3.8) is 0 Å². The molecule has 1 aliphatic carbocycles.